The van der Waals surface area contributed by atoms with E-state index >= 15 is 0 Å². The molecule has 5 heteroatoms. The van der Waals surface area contributed by atoms with Crippen LogP contribution in [0.1, 0.15) is 57.5 Å². The zero-order valence-corrected chi connectivity index (χ0v) is 19.3. The minimum atomic E-state index is -0.524. The van der Waals surface area contributed by atoms with E-state index in [1.54, 1.807) is 24.3 Å². The van der Waals surface area contributed by atoms with E-state index in [1.165, 1.54) is 6.08 Å². The molecule has 0 saturated heterocycles. The number of aliphatic hydroxyl groups excluding tert-OH is 1. The van der Waals surface area contributed by atoms with Crippen LogP contribution in [-0.2, 0) is 0 Å². The predicted molar refractivity (Wildman–Crippen MR) is 124 cm³/mol. The lowest BCUT2D eigenvalue weighted by molar-refractivity contribution is 0.0933. The minimum Gasteiger partial charge on any atom is -0.490 e. The van der Waals surface area contributed by atoms with Crippen LogP contribution in [0.15, 0.2) is 48.5 Å². The van der Waals surface area contributed by atoms with Crippen molar-refractivity contribution in [3.8, 4) is 17.2 Å². The van der Waals surface area contributed by atoms with E-state index in [-0.39, 0.29) is 23.7 Å². The van der Waals surface area contributed by atoms with Crippen LogP contribution in [0.3, 0.4) is 0 Å². The van der Waals surface area contributed by atoms with E-state index in [0.29, 0.717) is 23.1 Å². The SMILES string of the molecule is CC(C)C(C)Oc1ccc(C=CC(=O)c2ccc(OC(C)C(C)C)cc2OCO)cc1. The summed E-state index contributed by atoms with van der Waals surface area (Å²) in [5.74, 6) is 2.23. The molecule has 1 N–H and O–H groups in total. The Balaban J connectivity index is 2.12. The van der Waals surface area contributed by atoms with Crippen molar-refractivity contribution < 1.29 is 24.1 Å². The Morgan fingerprint density at radius 3 is 1.97 bits per heavy atom. The van der Waals surface area contributed by atoms with Gasteiger partial charge in [0.05, 0.1) is 17.8 Å². The molecule has 31 heavy (non-hydrogen) atoms. The van der Waals surface area contributed by atoms with Crippen LogP contribution in [-0.4, -0.2) is 29.9 Å². The maximum atomic E-state index is 12.7. The smallest absolute Gasteiger partial charge is 0.189 e. The highest BCUT2D eigenvalue weighted by molar-refractivity contribution is 6.08. The number of ketones is 1. The van der Waals surface area contributed by atoms with E-state index in [0.717, 1.165) is 11.3 Å². The van der Waals surface area contributed by atoms with Crippen molar-refractivity contribution >= 4 is 11.9 Å². The number of ether oxygens (including phenoxy) is 3. The van der Waals surface area contributed by atoms with Gasteiger partial charge in [-0.05, 0) is 61.6 Å². The Kier molecular flexibility index (Phi) is 9.13. The summed E-state index contributed by atoms with van der Waals surface area (Å²) >= 11 is 0. The van der Waals surface area contributed by atoms with Gasteiger partial charge in [0, 0.05) is 6.07 Å². The largest absolute Gasteiger partial charge is 0.490 e. The highest BCUT2D eigenvalue weighted by atomic mass is 16.6. The molecule has 0 aromatic heterocycles. The molecule has 0 aliphatic heterocycles. The molecule has 5 nitrogen and oxygen atoms in total. The summed E-state index contributed by atoms with van der Waals surface area (Å²) in [5, 5.41) is 9.21. The number of aliphatic hydroxyl groups is 1. The van der Waals surface area contributed by atoms with Crippen molar-refractivity contribution in [1.82, 2.24) is 0 Å². The first kappa shape index (κ1) is 24.5. The van der Waals surface area contributed by atoms with E-state index in [1.807, 2.05) is 38.1 Å². The Morgan fingerprint density at radius 1 is 0.871 bits per heavy atom. The summed E-state index contributed by atoms with van der Waals surface area (Å²) in [6.07, 6.45) is 3.37. The monoisotopic (exact) mass is 426 g/mol. The Hall–Kier alpha value is -2.79. The molecule has 0 aliphatic carbocycles. The van der Waals surface area contributed by atoms with E-state index in [2.05, 4.69) is 27.7 Å². The zero-order chi connectivity index (χ0) is 23.0. The van der Waals surface area contributed by atoms with Gasteiger partial charge in [-0.2, -0.15) is 0 Å². The molecule has 2 aromatic rings. The van der Waals surface area contributed by atoms with Gasteiger partial charge in [-0.15, -0.1) is 0 Å². The van der Waals surface area contributed by atoms with Crippen LogP contribution in [0.2, 0.25) is 0 Å². The van der Waals surface area contributed by atoms with Gasteiger partial charge in [0.15, 0.2) is 12.6 Å². The lowest BCUT2D eigenvalue weighted by atomic mass is 10.1. The molecule has 0 heterocycles. The van der Waals surface area contributed by atoms with Gasteiger partial charge in [0.1, 0.15) is 17.2 Å². The summed E-state index contributed by atoms with van der Waals surface area (Å²) in [7, 11) is 0. The average molecular weight is 427 g/mol. The maximum absolute atomic E-state index is 12.7. The number of carbonyl (C=O) groups excluding carboxylic acids is 1. The molecule has 2 unspecified atom stereocenters. The number of benzene rings is 2. The quantitative estimate of drug-likeness (QED) is 0.281. The first-order chi connectivity index (χ1) is 14.7. The highest BCUT2D eigenvalue weighted by Crippen LogP contribution is 2.27. The molecular weight excluding hydrogens is 392 g/mol. The van der Waals surface area contributed by atoms with Crippen molar-refractivity contribution in [2.75, 3.05) is 6.79 Å². The molecule has 2 atom stereocenters. The van der Waals surface area contributed by atoms with Crippen LogP contribution < -0.4 is 14.2 Å². The molecule has 0 amide bonds. The van der Waals surface area contributed by atoms with Gasteiger partial charge < -0.3 is 19.3 Å². The summed E-state index contributed by atoms with van der Waals surface area (Å²) in [5.41, 5.74) is 1.24. The first-order valence-corrected chi connectivity index (χ1v) is 10.7. The molecule has 2 rings (SSSR count). The van der Waals surface area contributed by atoms with Crippen LogP contribution in [0.4, 0.5) is 0 Å². The molecule has 0 bridgehead atoms. The maximum Gasteiger partial charge on any atom is 0.189 e. The predicted octanol–water partition coefficient (Wildman–Crippen LogP) is 5.76. The van der Waals surface area contributed by atoms with Gasteiger partial charge >= 0.3 is 0 Å². The number of hydrogen-bond acceptors (Lipinski definition) is 5. The van der Waals surface area contributed by atoms with Crippen LogP contribution in [0.25, 0.3) is 6.08 Å². The fourth-order valence-corrected chi connectivity index (χ4v) is 2.59. The fraction of sp³-hybridized carbons (Fsp3) is 0.423. The summed E-state index contributed by atoms with van der Waals surface area (Å²) in [6.45, 7) is 11.9. The Morgan fingerprint density at radius 2 is 1.42 bits per heavy atom. The molecule has 0 fully saturated rings. The number of carbonyl (C=O) groups is 1. The number of hydrogen-bond donors (Lipinski definition) is 1. The topological polar surface area (TPSA) is 65.0 Å². The number of rotatable bonds is 11. The number of allylic oxidation sites excluding steroid dienone is 1. The van der Waals surface area contributed by atoms with Crippen molar-refractivity contribution in [1.29, 1.82) is 0 Å². The minimum absolute atomic E-state index is 0.0129. The van der Waals surface area contributed by atoms with E-state index in [4.69, 9.17) is 14.2 Å². The van der Waals surface area contributed by atoms with Gasteiger partial charge in [-0.25, -0.2) is 0 Å². The second kappa shape index (κ2) is 11.6. The summed E-state index contributed by atoms with van der Waals surface area (Å²) < 4.78 is 17.0. The van der Waals surface area contributed by atoms with E-state index < -0.39 is 6.79 Å². The van der Waals surface area contributed by atoms with Crippen LogP contribution in [0.5, 0.6) is 17.2 Å². The first-order valence-electron chi connectivity index (χ1n) is 10.7. The highest BCUT2D eigenvalue weighted by Gasteiger charge is 2.15. The van der Waals surface area contributed by atoms with Crippen LogP contribution >= 0.6 is 0 Å². The molecular formula is C26H34O5. The molecule has 2 aromatic carbocycles. The van der Waals surface area contributed by atoms with Crippen molar-refractivity contribution in [3.63, 3.8) is 0 Å². The van der Waals surface area contributed by atoms with Crippen LogP contribution in [0, 0.1) is 11.8 Å². The molecule has 0 aliphatic rings. The lowest BCUT2D eigenvalue weighted by Crippen LogP contribution is -2.18. The second-order valence-electron chi connectivity index (χ2n) is 8.33. The standard InChI is InChI=1S/C26H34O5/c1-17(2)19(5)30-22-10-7-21(8-11-22)9-14-25(28)24-13-12-23(15-26(24)29-16-27)31-20(6)18(3)4/h7-15,17-20,27H,16H2,1-6H3. The van der Waals surface area contributed by atoms with Crippen molar-refractivity contribution in [2.24, 2.45) is 11.8 Å². The fourth-order valence-electron chi connectivity index (χ4n) is 2.59. The van der Waals surface area contributed by atoms with E-state index in [9.17, 15) is 9.90 Å². The third kappa shape index (κ3) is 7.44. The summed E-state index contributed by atoms with van der Waals surface area (Å²) in [4.78, 5) is 12.7. The molecule has 168 valence electrons. The normalized spacial score (nSPS) is 13.5. The summed E-state index contributed by atoms with van der Waals surface area (Å²) in [6, 6.07) is 12.6. The molecule has 0 saturated carbocycles. The Bertz CT molecular complexity index is 868. The Labute approximate surface area is 185 Å². The van der Waals surface area contributed by atoms with Crippen molar-refractivity contribution in [2.45, 2.75) is 53.8 Å². The third-order valence-electron chi connectivity index (χ3n) is 5.27. The molecule has 0 radical (unpaired) electrons. The van der Waals surface area contributed by atoms with Crippen molar-refractivity contribution in [3.05, 3.63) is 59.7 Å². The average Bonchev–Trinajstić information content (AvgIpc) is 2.73. The zero-order valence-electron chi connectivity index (χ0n) is 19.3. The van der Waals surface area contributed by atoms with Gasteiger partial charge in [0.2, 0.25) is 0 Å². The third-order valence-corrected chi connectivity index (χ3v) is 5.27. The van der Waals surface area contributed by atoms with Gasteiger partial charge in [-0.3, -0.25) is 4.79 Å². The second-order valence-corrected chi connectivity index (χ2v) is 8.33. The van der Waals surface area contributed by atoms with Gasteiger partial charge in [0.25, 0.3) is 0 Å². The van der Waals surface area contributed by atoms with Gasteiger partial charge in [-0.1, -0.05) is 45.9 Å². The molecule has 0 spiro atoms. The lowest BCUT2D eigenvalue weighted by Gasteiger charge is -2.19.